The second-order valence-electron chi connectivity index (χ2n) is 3.49. The van der Waals surface area contributed by atoms with Crippen molar-refractivity contribution in [3.05, 3.63) is 23.9 Å². The number of aromatic nitrogens is 1. The van der Waals surface area contributed by atoms with Gasteiger partial charge in [-0.2, -0.15) is 0 Å². The maximum Gasteiger partial charge on any atom is 0.0960 e. The lowest BCUT2D eigenvalue weighted by Crippen LogP contribution is -1.96. The molecule has 1 unspecified atom stereocenters. The molecular weight excluding hydrogens is 194 g/mol. The zero-order chi connectivity index (χ0) is 10.4. The fourth-order valence-electron chi connectivity index (χ4n) is 0.935. The SMILES string of the molecule is CCC(C)CSc1ccc(CO)cn1. The number of aliphatic hydroxyl groups excluding tert-OH is 1. The third kappa shape index (κ3) is 3.68. The van der Waals surface area contributed by atoms with Gasteiger partial charge in [-0.1, -0.05) is 26.3 Å². The molecule has 14 heavy (non-hydrogen) atoms. The summed E-state index contributed by atoms with van der Waals surface area (Å²) < 4.78 is 0. The van der Waals surface area contributed by atoms with E-state index >= 15 is 0 Å². The molecule has 0 aliphatic heterocycles. The van der Waals surface area contributed by atoms with Crippen LogP contribution in [0.25, 0.3) is 0 Å². The van der Waals surface area contributed by atoms with Gasteiger partial charge in [0.2, 0.25) is 0 Å². The van der Waals surface area contributed by atoms with E-state index in [0.29, 0.717) is 0 Å². The van der Waals surface area contributed by atoms with E-state index in [1.54, 1.807) is 18.0 Å². The van der Waals surface area contributed by atoms with Gasteiger partial charge in [0.05, 0.1) is 11.6 Å². The number of rotatable bonds is 5. The lowest BCUT2D eigenvalue weighted by atomic mass is 10.2. The van der Waals surface area contributed by atoms with Gasteiger partial charge in [0.1, 0.15) is 0 Å². The quantitative estimate of drug-likeness (QED) is 0.760. The maximum absolute atomic E-state index is 8.84. The molecule has 2 nitrogen and oxygen atoms in total. The van der Waals surface area contributed by atoms with E-state index in [1.807, 2.05) is 12.1 Å². The first-order valence-corrected chi connectivity index (χ1v) is 5.93. The van der Waals surface area contributed by atoms with Gasteiger partial charge in [-0.3, -0.25) is 0 Å². The third-order valence-electron chi connectivity index (χ3n) is 2.19. The summed E-state index contributed by atoms with van der Waals surface area (Å²) in [4.78, 5) is 4.26. The first-order chi connectivity index (χ1) is 6.76. The third-order valence-corrected chi connectivity index (χ3v) is 3.47. The van der Waals surface area contributed by atoms with Gasteiger partial charge in [0.25, 0.3) is 0 Å². The summed E-state index contributed by atoms with van der Waals surface area (Å²) in [7, 11) is 0. The van der Waals surface area contributed by atoms with Crippen molar-refractivity contribution < 1.29 is 5.11 Å². The molecule has 0 aromatic carbocycles. The van der Waals surface area contributed by atoms with Crippen LogP contribution in [-0.2, 0) is 6.61 Å². The Labute approximate surface area is 89.8 Å². The van der Waals surface area contributed by atoms with Gasteiger partial charge in [-0.25, -0.2) is 4.98 Å². The first-order valence-electron chi connectivity index (χ1n) is 4.94. The highest BCUT2D eigenvalue weighted by Crippen LogP contribution is 2.19. The lowest BCUT2D eigenvalue weighted by molar-refractivity contribution is 0.281. The van der Waals surface area contributed by atoms with Crippen molar-refractivity contribution in [1.82, 2.24) is 4.98 Å². The van der Waals surface area contributed by atoms with Crippen LogP contribution < -0.4 is 0 Å². The number of thioether (sulfide) groups is 1. The Bertz CT molecular complexity index is 260. The molecule has 0 fully saturated rings. The molecule has 0 saturated carbocycles. The molecule has 0 aliphatic carbocycles. The van der Waals surface area contributed by atoms with Crippen LogP contribution in [0.1, 0.15) is 25.8 Å². The topological polar surface area (TPSA) is 33.1 Å². The molecular formula is C11H17NOS. The van der Waals surface area contributed by atoms with Gasteiger partial charge in [-0.15, -0.1) is 11.8 Å². The van der Waals surface area contributed by atoms with Crippen LogP contribution >= 0.6 is 11.8 Å². The summed E-state index contributed by atoms with van der Waals surface area (Å²) in [6.45, 7) is 4.52. The summed E-state index contributed by atoms with van der Waals surface area (Å²) in [5.41, 5.74) is 0.873. The van der Waals surface area contributed by atoms with Crippen LogP contribution in [0.2, 0.25) is 0 Å². The van der Waals surface area contributed by atoms with Crippen LogP contribution in [0.4, 0.5) is 0 Å². The maximum atomic E-state index is 8.84. The van der Waals surface area contributed by atoms with E-state index in [0.717, 1.165) is 22.3 Å². The minimum absolute atomic E-state index is 0.0727. The number of hydrogen-bond donors (Lipinski definition) is 1. The predicted octanol–water partition coefficient (Wildman–Crippen LogP) is 2.71. The molecule has 1 N–H and O–H groups in total. The Kier molecular flexibility index (Phi) is 4.98. The minimum atomic E-state index is 0.0727. The van der Waals surface area contributed by atoms with Crippen molar-refractivity contribution >= 4 is 11.8 Å². The minimum Gasteiger partial charge on any atom is -0.392 e. The van der Waals surface area contributed by atoms with Crippen molar-refractivity contribution in [3.63, 3.8) is 0 Å². The van der Waals surface area contributed by atoms with Gasteiger partial charge in [-0.05, 0) is 17.5 Å². The van der Waals surface area contributed by atoms with E-state index in [-0.39, 0.29) is 6.61 Å². The zero-order valence-corrected chi connectivity index (χ0v) is 9.55. The molecule has 0 bridgehead atoms. The van der Waals surface area contributed by atoms with Crippen LogP contribution in [-0.4, -0.2) is 15.8 Å². The van der Waals surface area contributed by atoms with E-state index in [4.69, 9.17) is 5.11 Å². The van der Waals surface area contributed by atoms with Crippen molar-refractivity contribution in [2.75, 3.05) is 5.75 Å². The fraction of sp³-hybridized carbons (Fsp3) is 0.545. The molecule has 0 aliphatic rings. The normalized spacial score (nSPS) is 12.8. The average molecular weight is 211 g/mol. The summed E-state index contributed by atoms with van der Waals surface area (Å²) in [6.07, 6.45) is 2.95. The highest BCUT2D eigenvalue weighted by Gasteiger charge is 2.01. The highest BCUT2D eigenvalue weighted by atomic mass is 32.2. The lowest BCUT2D eigenvalue weighted by Gasteiger charge is -2.06. The van der Waals surface area contributed by atoms with Crippen molar-refractivity contribution in [2.24, 2.45) is 5.92 Å². The monoisotopic (exact) mass is 211 g/mol. The standard InChI is InChI=1S/C11H17NOS/c1-3-9(2)8-14-11-5-4-10(7-13)6-12-11/h4-6,9,13H,3,7-8H2,1-2H3. The number of hydrogen-bond acceptors (Lipinski definition) is 3. The molecule has 1 atom stereocenters. The van der Waals surface area contributed by atoms with Crippen molar-refractivity contribution in [2.45, 2.75) is 31.9 Å². The van der Waals surface area contributed by atoms with Crippen molar-refractivity contribution in [3.8, 4) is 0 Å². The van der Waals surface area contributed by atoms with E-state index < -0.39 is 0 Å². The largest absolute Gasteiger partial charge is 0.392 e. The molecule has 0 amide bonds. The molecule has 1 rings (SSSR count). The van der Waals surface area contributed by atoms with Crippen LogP contribution in [0, 0.1) is 5.92 Å². The van der Waals surface area contributed by atoms with Gasteiger partial charge in [0, 0.05) is 11.9 Å². The molecule has 1 aromatic heterocycles. The first kappa shape index (κ1) is 11.5. The fourth-order valence-corrected chi connectivity index (χ4v) is 1.92. The Balaban J connectivity index is 2.43. The van der Waals surface area contributed by atoms with Crippen LogP contribution in [0.5, 0.6) is 0 Å². The summed E-state index contributed by atoms with van der Waals surface area (Å²) in [5, 5.41) is 9.88. The van der Waals surface area contributed by atoms with Crippen molar-refractivity contribution in [1.29, 1.82) is 0 Å². The second-order valence-corrected chi connectivity index (χ2v) is 4.53. The van der Waals surface area contributed by atoms with E-state index in [1.165, 1.54) is 6.42 Å². The Morgan fingerprint density at radius 2 is 2.29 bits per heavy atom. The van der Waals surface area contributed by atoms with Gasteiger partial charge in [0.15, 0.2) is 0 Å². The van der Waals surface area contributed by atoms with Crippen LogP contribution in [0.3, 0.4) is 0 Å². The molecule has 0 saturated heterocycles. The highest BCUT2D eigenvalue weighted by molar-refractivity contribution is 7.99. The summed E-state index contributed by atoms with van der Waals surface area (Å²) in [5.74, 6) is 1.85. The summed E-state index contributed by atoms with van der Waals surface area (Å²) in [6, 6.07) is 3.89. The Morgan fingerprint density at radius 1 is 1.50 bits per heavy atom. The predicted molar refractivity (Wildman–Crippen MR) is 60.3 cm³/mol. The van der Waals surface area contributed by atoms with E-state index in [2.05, 4.69) is 18.8 Å². The van der Waals surface area contributed by atoms with Gasteiger partial charge >= 0.3 is 0 Å². The second kappa shape index (κ2) is 6.04. The summed E-state index contributed by atoms with van der Waals surface area (Å²) >= 11 is 1.78. The van der Waals surface area contributed by atoms with E-state index in [9.17, 15) is 0 Å². The Morgan fingerprint density at radius 3 is 2.79 bits per heavy atom. The zero-order valence-electron chi connectivity index (χ0n) is 8.73. The van der Waals surface area contributed by atoms with Crippen LogP contribution in [0.15, 0.2) is 23.4 Å². The average Bonchev–Trinajstić information content (AvgIpc) is 2.26. The molecule has 3 heteroatoms. The van der Waals surface area contributed by atoms with Gasteiger partial charge < -0.3 is 5.11 Å². The number of aliphatic hydroxyl groups is 1. The number of pyridine rings is 1. The molecule has 0 radical (unpaired) electrons. The molecule has 78 valence electrons. The molecule has 0 spiro atoms. The molecule has 1 aromatic rings. The molecule has 1 heterocycles. The smallest absolute Gasteiger partial charge is 0.0960 e. The number of nitrogens with zero attached hydrogens (tertiary/aromatic N) is 1. The Hall–Kier alpha value is -0.540.